The van der Waals surface area contributed by atoms with Crippen LogP contribution >= 0.6 is 34.8 Å². The van der Waals surface area contributed by atoms with Crippen LogP contribution in [0.2, 0.25) is 15.1 Å². The lowest BCUT2D eigenvalue weighted by Gasteiger charge is -2.39. The van der Waals surface area contributed by atoms with Crippen LogP contribution in [-0.4, -0.2) is 92.0 Å². The molecule has 2 N–H and O–H groups in total. The lowest BCUT2D eigenvalue weighted by Crippen LogP contribution is -2.60. The van der Waals surface area contributed by atoms with Crippen molar-refractivity contribution in [2.75, 3.05) is 31.2 Å². The predicted molar refractivity (Wildman–Crippen MR) is 198 cm³/mol. The van der Waals surface area contributed by atoms with Crippen LogP contribution in [0, 0.1) is 0 Å². The normalized spacial score (nSPS) is 12.8. The topological polar surface area (TPSA) is 146 Å². The summed E-state index contributed by atoms with van der Waals surface area (Å²) < 4.78 is 40.8. The van der Waals surface area contributed by atoms with E-state index in [0.717, 1.165) is 9.80 Å². The van der Waals surface area contributed by atoms with E-state index >= 15 is 0 Å². The van der Waals surface area contributed by atoms with Gasteiger partial charge in [-0.05, 0) is 82.6 Å². The minimum atomic E-state index is -4.40. The van der Waals surface area contributed by atoms with Crippen LogP contribution in [0.15, 0.2) is 77.7 Å². The molecule has 3 aromatic carbocycles. The Morgan fingerprint density at radius 2 is 1.41 bits per heavy atom. The van der Waals surface area contributed by atoms with Crippen molar-refractivity contribution < 1.29 is 37.4 Å². The van der Waals surface area contributed by atoms with E-state index < -0.39 is 52.8 Å². The molecule has 0 bridgehead atoms. The molecule has 2 atom stereocenters. The predicted octanol–water partition coefficient (Wildman–Crippen LogP) is 6.53. The van der Waals surface area contributed by atoms with Crippen LogP contribution in [0.4, 0.5) is 10.5 Å². The van der Waals surface area contributed by atoms with Gasteiger partial charge in [0.25, 0.3) is 5.91 Å². The van der Waals surface area contributed by atoms with Gasteiger partial charge in [0.1, 0.15) is 17.0 Å². The van der Waals surface area contributed by atoms with Crippen molar-refractivity contribution in [2.24, 2.45) is 0 Å². The number of amides is 3. The number of nitrogens with zero attached hydrogens (tertiary/aromatic N) is 3. The highest BCUT2D eigenvalue weighted by atomic mass is 35.5. The first-order valence-electron chi connectivity index (χ1n) is 16.2. The van der Waals surface area contributed by atoms with Gasteiger partial charge in [0.2, 0.25) is 15.9 Å². The van der Waals surface area contributed by atoms with Crippen molar-refractivity contribution in [2.45, 2.75) is 70.5 Å². The van der Waals surface area contributed by atoms with E-state index in [9.17, 15) is 27.9 Å². The van der Waals surface area contributed by atoms with Crippen LogP contribution in [0.1, 0.15) is 40.2 Å². The number of nitrogens with one attached hydrogen (secondary N) is 1. The molecule has 12 nitrogen and oxygen atoms in total. The molecule has 0 radical (unpaired) electrons. The van der Waals surface area contributed by atoms with Gasteiger partial charge in [-0.2, -0.15) is 0 Å². The first-order valence-corrected chi connectivity index (χ1v) is 18.8. The molecule has 3 rings (SSSR count). The largest absolute Gasteiger partial charge is 0.465 e. The van der Waals surface area contributed by atoms with Crippen molar-refractivity contribution in [1.29, 1.82) is 0 Å². The number of anilines is 1. The Labute approximate surface area is 314 Å². The van der Waals surface area contributed by atoms with Crippen LogP contribution < -0.4 is 9.62 Å². The third-order valence-corrected chi connectivity index (χ3v) is 10.2. The average Bonchev–Trinajstić information content (AvgIpc) is 3.07. The molecule has 2 unspecified atom stereocenters. The number of ether oxygens (including phenoxy) is 2. The molecule has 0 saturated heterocycles. The molecular weight excluding hydrogens is 743 g/mol. The summed E-state index contributed by atoms with van der Waals surface area (Å²) in [6.07, 6.45) is -2.25. The second-order valence-electron chi connectivity index (χ2n) is 11.6. The third kappa shape index (κ3) is 11.5. The Hall–Kier alpha value is -3.43. The quantitative estimate of drug-likeness (QED) is 0.139. The summed E-state index contributed by atoms with van der Waals surface area (Å²) >= 11 is 18.4. The van der Waals surface area contributed by atoms with Crippen LogP contribution in [-0.2, 0) is 35.6 Å². The molecule has 0 aromatic heterocycles. The van der Waals surface area contributed by atoms with Gasteiger partial charge in [-0.3, -0.25) is 19.4 Å². The van der Waals surface area contributed by atoms with Crippen molar-refractivity contribution >= 4 is 68.4 Å². The molecule has 3 amide bonds. The second-order valence-corrected chi connectivity index (χ2v) is 14.6. The molecule has 278 valence electrons. The molecule has 0 spiro atoms. The zero-order valence-electron chi connectivity index (χ0n) is 29.0. The Balaban J connectivity index is 2.14. The molecule has 0 aliphatic heterocycles. The van der Waals surface area contributed by atoms with Crippen molar-refractivity contribution in [3.8, 4) is 0 Å². The van der Waals surface area contributed by atoms with Crippen LogP contribution in [0.5, 0.6) is 0 Å². The Bertz CT molecular complexity index is 1730. The lowest BCUT2D eigenvalue weighted by molar-refractivity contribution is -0.162. The van der Waals surface area contributed by atoms with Gasteiger partial charge < -0.3 is 19.5 Å². The van der Waals surface area contributed by atoms with Gasteiger partial charge in [0.15, 0.2) is 6.29 Å². The fourth-order valence-electron chi connectivity index (χ4n) is 5.28. The van der Waals surface area contributed by atoms with Crippen LogP contribution in [0.3, 0.4) is 0 Å². The highest BCUT2D eigenvalue weighted by Crippen LogP contribution is 2.27. The Morgan fingerprint density at radius 3 is 1.94 bits per heavy atom. The number of carboxylic acid groups (broad SMARTS) is 1. The minimum absolute atomic E-state index is 0.0471. The van der Waals surface area contributed by atoms with Gasteiger partial charge in [-0.15, -0.1) is 0 Å². The summed E-state index contributed by atoms with van der Waals surface area (Å²) in [6.45, 7) is 8.44. The van der Waals surface area contributed by atoms with Gasteiger partial charge in [0.05, 0.1) is 11.6 Å². The first-order chi connectivity index (χ1) is 24.1. The van der Waals surface area contributed by atoms with Gasteiger partial charge in [-0.1, -0.05) is 65.1 Å². The smallest absolute Gasteiger partial charge is 0.408 e. The average molecular weight is 786 g/mol. The van der Waals surface area contributed by atoms with E-state index in [1.165, 1.54) is 54.3 Å². The second kappa shape index (κ2) is 19.4. The van der Waals surface area contributed by atoms with E-state index in [1.807, 2.05) is 0 Å². The first kappa shape index (κ1) is 42.0. The Kier molecular flexibility index (Phi) is 16.0. The van der Waals surface area contributed by atoms with Crippen molar-refractivity contribution in [3.63, 3.8) is 0 Å². The maximum absolute atomic E-state index is 14.9. The Morgan fingerprint density at radius 1 is 0.824 bits per heavy atom. The van der Waals surface area contributed by atoms with E-state index in [-0.39, 0.29) is 39.8 Å². The number of hydrogen-bond donors (Lipinski definition) is 2. The summed E-state index contributed by atoms with van der Waals surface area (Å²) in [6, 6.07) is 15.1. The molecule has 0 aliphatic carbocycles. The molecule has 16 heteroatoms. The fourth-order valence-corrected chi connectivity index (χ4v) is 7.21. The van der Waals surface area contributed by atoms with Crippen molar-refractivity contribution in [1.82, 2.24) is 14.5 Å². The van der Waals surface area contributed by atoms with E-state index in [1.54, 1.807) is 58.0 Å². The lowest BCUT2D eigenvalue weighted by atomic mass is 10.1. The highest BCUT2D eigenvalue weighted by molar-refractivity contribution is 7.89. The molecule has 3 aromatic rings. The molecule has 0 heterocycles. The minimum Gasteiger partial charge on any atom is -0.465 e. The van der Waals surface area contributed by atoms with Gasteiger partial charge in [-0.25, -0.2) is 17.9 Å². The molecule has 0 aliphatic rings. The number of rotatable bonds is 18. The van der Waals surface area contributed by atoms with Crippen LogP contribution in [0.25, 0.3) is 0 Å². The maximum atomic E-state index is 14.9. The summed E-state index contributed by atoms with van der Waals surface area (Å²) in [7, 11) is -4.40. The van der Waals surface area contributed by atoms with E-state index in [2.05, 4.69) is 4.72 Å². The number of carbonyl (C=O) groups excluding carboxylic acids is 2. The molecule has 51 heavy (non-hydrogen) atoms. The number of benzene rings is 3. The van der Waals surface area contributed by atoms with E-state index in [0.29, 0.717) is 23.8 Å². The zero-order chi connectivity index (χ0) is 37.9. The summed E-state index contributed by atoms with van der Waals surface area (Å²) in [5.41, 5.74) is 0.756. The molecule has 0 fully saturated rings. The number of carbonyl (C=O) groups is 3. The molecule has 0 saturated carbocycles. The highest BCUT2D eigenvalue weighted by Gasteiger charge is 2.40. The summed E-state index contributed by atoms with van der Waals surface area (Å²) in [5, 5.41) is 10.9. The molecular formula is C35H43Cl3N4O8S. The number of hydrogen-bond acceptors (Lipinski definition) is 7. The SMILES string of the molecule is CCOC(CN(C(=O)C(C)N(C(=O)C(CNS(=O)(=O)c1ccc(Cl)cc1Cl)N(Cc1ccccc1)C(=O)O)c1ccc(Cl)cc1)C(C)C)OCC. The van der Waals surface area contributed by atoms with Gasteiger partial charge in [0, 0.05) is 48.1 Å². The standard InChI is InChI=1S/C35H43Cl3N4O8S/c1-6-49-32(50-7-2)22-40(23(3)4)33(43)24(5)42(28-16-13-26(36)14-17-28)34(44)30(41(35(45)46)21-25-11-9-8-10-12-25)20-39-51(47,48)31-18-15-27(37)19-29(31)38/h8-19,23-24,30,32,39H,6-7,20-22H2,1-5H3,(H,45,46). The van der Waals surface area contributed by atoms with Crippen molar-refractivity contribution in [3.05, 3.63) is 93.4 Å². The maximum Gasteiger partial charge on any atom is 0.408 e. The summed E-state index contributed by atoms with van der Waals surface area (Å²) in [4.78, 5) is 45.3. The fraction of sp³-hybridized carbons (Fsp3) is 0.400. The summed E-state index contributed by atoms with van der Waals surface area (Å²) in [5.74, 6) is -1.37. The van der Waals surface area contributed by atoms with Gasteiger partial charge >= 0.3 is 6.09 Å². The monoisotopic (exact) mass is 784 g/mol. The third-order valence-electron chi connectivity index (χ3n) is 7.80. The number of sulfonamides is 1. The number of halogens is 3. The zero-order valence-corrected chi connectivity index (χ0v) is 32.0. The van der Waals surface area contributed by atoms with E-state index in [4.69, 9.17) is 44.3 Å².